The van der Waals surface area contributed by atoms with Gasteiger partial charge in [-0.1, -0.05) is 23.4 Å². The number of hydrogen-bond donors (Lipinski definition) is 2. The van der Waals surface area contributed by atoms with Gasteiger partial charge in [0, 0.05) is 23.6 Å². The molecule has 2 heterocycles. The molecule has 2 aromatic carbocycles. The van der Waals surface area contributed by atoms with Crippen LogP contribution in [0.3, 0.4) is 0 Å². The fraction of sp³-hybridized carbons (Fsp3) is 0.182. The van der Waals surface area contributed by atoms with Gasteiger partial charge in [-0.3, -0.25) is 19.0 Å². The second kappa shape index (κ2) is 7.47. The number of aromatic amines is 1. The molecule has 1 amide bonds. The maximum absolute atomic E-state index is 12.4. The molecule has 0 radical (unpaired) electrons. The Balaban J connectivity index is 1.31. The number of aromatic nitrogens is 4. The molecular weight excluding hydrogens is 382 g/mol. The number of nitrogens with one attached hydrogen (secondary N) is 2. The van der Waals surface area contributed by atoms with E-state index < -0.39 is 5.76 Å². The van der Waals surface area contributed by atoms with E-state index >= 15 is 0 Å². The number of fused-ring (bicyclic) bond motifs is 1. The lowest BCUT2D eigenvalue weighted by atomic mass is 10.1. The van der Waals surface area contributed by atoms with E-state index in [1.54, 1.807) is 30.3 Å². The first kappa shape index (κ1) is 18.1. The molecular formula is C22H19N5O3. The van der Waals surface area contributed by atoms with E-state index in [-0.39, 0.29) is 11.7 Å². The molecule has 2 N–H and O–H groups in total. The first-order valence-electron chi connectivity index (χ1n) is 9.76. The van der Waals surface area contributed by atoms with Crippen LogP contribution in [-0.2, 0) is 11.3 Å². The van der Waals surface area contributed by atoms with Gasteiger partial charge < -0.3 is 5.32 Å². The van der Waals surface area contributed by atoms with Crippen LogP contribution in [0.5, 0.6) is 0 Å². The fourth-order valence-corrected chi connectivity index (χ4v) is 3.39. The molecule has 1 aliphatic rings. The molecule has 150 valence electrons. The van der Waals surface area contributed by atoms with Gasteiger partial charge in [0.05, 0.1) is 17.4 Å². The molecule has 1 fully saturated rings. The van der Waals surface area contributed by atoms with Gasteiger partial charge >= 0.3 is 5.76 Å². The van der Waals surface area contributed by atoms with Crippen molar-refractivity contribution in [1.82, 2.24) is 19.9 Å². The number of nitrogens with zero attached hydrogens (tertiary/aromatic N) is 3. The lowest BCUT2D eigenvalue weighted by Crippen LogP contribution is -2.09. The lowest BCUT2D eigenvalue weighted by Gasteiger charge is -2.06. The van der Waals surface area contributed by atoms with Crippen molar-refractivity contribution in [2.75, 3.05) is 5.32 Å². The fourth-order valence-electron chi connectivity index (χ4n) is 3.39. The number of para-hydroxylation sites is 1. The first-order chi connectivity index (χ1) is 14.7. The van der Waals surface area contributed by atoms with Crippen molar-refractivity contribution in [1.29, 1.82) is 0 Å². The van der Waals surface area contributed by atoms with Crippen LogP contribution in [0.2, 0.25) is 0 Å². The number of carbonyl (C=O) groups is 1. The topological polar surface area (TPSA) is 106 Å². The van der Waals surface area contributed by atoms with Crippen LogP contribution in [0.15, 0.2) is 64.1 Å². The van der Waals surface area contributed by atoms with Crippen molar-refractivity contribution in [3.63, 3.8) is 0 Å². The largest absolute Gasteiger partial charge is 0.439 e. The van der Waals surface area contributed by atoms with Gasteiger partial charge in [-0.05, 0) is 54.7 Å². The minimum Gasteiger partial charge on any atom is -0.322 e. The predicted octanol–water partition coefficient (Wildman–Crippen LogP) is 3.44. The number of amides is 1. The summed E-state index contributed by atoms with van der Waals surface area (Å²) in [5.41, 5.74) is 3.11. The highest BCUT2D eigenvalue weighted by atomic mass is 16.5. The van der Waals surface area contributed by atoms with Gasteiger partial charge in [0.2, 0.25) is 5.91 Å². The van der Waals surface area contributed by atoms with Crippen molar-refractivity contribution in [2.45, 2.75) is 19.4 Å². The standard InChI is InChI=1S/C22H19N5O3/c28-20(24-18-4-2-1-3-17(18)21-25-22(29)30-26-21)10-8-14-7-9-19-16(11-14)12-23-27(19)13-15-5-6-15/h1-4,7-12,15H,5-6,13H2,(H,24,28)(H,25,26,29)/b10-8+. The summed E-state index contributed by atoms with van der Waals surface area (Å²) in [6.45, 7) is 0.970. The Morgan fingerprint density at radius 1 is 1.27 bits per heavy atom. The van der Waals surface area contributed by atoms with Crippen LogP contribution in [0, 0.1) is 5.92 Å². The summed E-state index contributed by atoms with van der Waals surface area (Å²) in [7, 11) is 0. The number of H-pyrrole nitrogens is 1. The van der Waals surface area contributed by atoms with Gasteiger partial charge in [-0.15, -0.1) is 0 Å². The normalized spacial score (nSPS) is 13.9. The van der Waals surface area contributed by atoms with Gasteiger partial charge in [0.25, 0.3) is 0 Å². The van der Waals surface area contributed by atoms with Crippen LogP contribution >= 0.6 is 0 Å². The van der Waals surface area contributed by atoms with Gasteiger partial charge in [-0.25, -0.2) is 4.79 Å². The summed E-state index contributed by atoms with van der Waals surface area (Å²) < 4.78 is 6.60. The van der Waals surface area contributed by atoms with Gasteiger partial charge in [-0.2, -0.15) is 5.10 Å². The molecule has 2 aromatic heterocycles. The second-order valence-electron chi connectivity index (χ2n) is 7.40. The highest BCUT2D eigenvalue weighted by Gasteiger charge is 2.22. The molecule has 0 spiro atoms. The van der Waals surface area contributed by atoms with Crippen molar-refractivity contribution < 1.29 is 9.32 Å². The molecule has 1 aliphatic carbocycles. The Kier molecular flexibility index (Phi) is 4.51. The molecule has 1 saturated carbocycles. The number of rotatable bonds is 6. The molecule has 0 aliphatic heterocycles. The summed E-state index contributed by atoms with van der Waals surface area (Å²) in [4.78, 5) is 26.1. The third-order valence-corrected chi connectivity index (χ3v) is 5.10. The van der Waals surface area contributed by atoms with Crippen molar-refractivity contribution >= 4 is 28.6 Å². The van der Waals surface area contributed by atoms with E-state index in [0.717, 1.165) is 28.9 Å². The molecule has 0 atom stereocenters. The number of carbonyl (C=O) groups excluding carboxylic acids is 1. The lowest BCUT2D eigenvalue weighted by molar-refractivity contribution is -0.111. The zero-order valence-electron chi connectivity index (χ0n) is 16.0. The molecule has 0 saturated heterocycles. The molecule has 0 unspecified atom stereocenters. The van der Waals surface area contributed by atoms with Gasteiger partial charge in [0.15, 0.2) is 5.82 Å². The quantitative estimate of drug-likeness (QED) is 0.482. The van der Waals surface area contributed by atoms with Crippen LogP contribution < -0.4 is 11.1 Å². The van der Waals surface area contributed by atoms with Gasteiger partial charge in [0.1, 0.15) is 0 Å². The molecule has 30 heavy (non-hydrogen) atoms. The monoisotopic (exact) mass is 401 g/mol. The number of hydrogen-bond acceptors (Lipinski definition) is 5. The zero-order chi connectivity index (χ0) is 20.5. The first-order valence-corrected chi connectivity index (χ1v) is 9.76. The minimum atomic E-state index is -0.651. The van der Waals surface area contributed by atoms with Crippen LogP contribution in [0.25, 0.3) is 28.4 Å². The second-order valence-corrected chi connectivity index (χ2v) is 7.40. The number of benzene rings is 2. The highest BCUT2D eigenvalue weighted by Crippen LogP contribution is 2.31. The van der Waals surface area contributed by atoms with Crippen molar-refractivity contribution in [2.24, 2.45) is 5.92 Å². The molecule has 8 heteroatoms. The molecule has 4 aromatic rings. The molecule has 0 bridgehead atoms. The Morgan fingerprint density at radius 3 is 2.93 bits per heavy atom. The molecule has 8 nitrogen and oxygen atoms in total. The zero-order valence-corrected chi connectivity index (χ0v) is 16.0. The van der Waals surface area contributed by atoms with E-state index in [9.17, 15) is 9.59 Å². The minimum absolute atomic E-state index is 0.258. The average molecular weight is 401 g/mol. The summed E-state index contributed by atoms with van der Waals surface area (Å²) in [5.74, 6) is 0.0718. The summed E-state index contributed by atoms with van der Waals surface area (Å²) in [6.07, 6.45) is 7.66. The summed E-state index contributed by atoms with van der Waals surface area (Å²) in [6, 6.07) is 13.1. The van der Waals surface area contributed by atoms with E-state index in [2.05, 4.69) is 29.8 Å². The van der Waals surface area contributed by atoms with Crippen LogP contribution in [0.1, 0.15) is 18.4 Å². The van der Waals surface area contributed by atoms with Crippen molar-refractivity contribution in [3.05, 3.63) is 70.9 Å². The van der Waals surface area contributed by atoms with Crippen LogP contribution in [-0.4, -0.2) is 25.8 Å². The third-order valence-electron chi connectivity index (χ3n) is 5.10. The Morgan fingerprint density at radius 2 is 2.13 bits per heavy atom. The third kappa shape index (κ3) is 3.80. The smallest absolute Gasteiger partial charge is 0.322 e. The average Bonchev–Trinajstić information content (AvgIpc) is 3.33. The van der Waals surface area contributed by atoms with Crippen LogP contribution in [0.4, 0.5) is 5.69 Å². The Bertz CT molecular complexity index is 1310. The van der Waals surface area contributed by atoms with E-state index in [1.807, 2.05) is 24.4 Å². The molecule has 5 rings (SSSR count). The van der Waals surface area contributed by atoms with Crippen molar-refractivity contribution in [3.8, 4) is 11.4 Å². The number of anilines is 1. The predicted molar refractivity (Wildman–Crippen MR) is 113 cm³/mol. The van der Waals surface area contributed by atoms with E-state index in [4.69, 9.17) is 0 Å². The van der Waals surface area contributed by atoms with E-state index in [0.29, 0.717) is 11.3 Å². The maximum Gasteiger partial charge on any atom is 0.439 e. The Labute approximate surface area is 171 Å². The van der Waals surface area contributed by atoms with E-state index in [1.165, 1.54) is 18.9 Å². The Hall–Kier alpha value is -3.94. The summed E-state index contributed by atoms with van der Waals surface area (Å²) >= 11 is 0. The summed E-state index contributed by atoms with van der Waals surface area (Å²) in [5, 5.41) is 12.0. The highest BCUT2D eigenvalue weighted by molar-refractivity contribution is 6.04. The SMILES string of the molecule is O=C(/C=C/c1ccc2c(cnn2CC2CC2)c1)Nc1ccccc1-c1noc(=O)[nH]1. The maximum atomic E-state index is 12.4.